The van der Waals surface area contributed by atoms with Gasteiger partial charge in [-0.3, -0.25) is 4.90 Å². The summed E-state index contributed by atoms with van der Waals surface area (Å²) in [5, 5.41) is 0. The Kier molecular flexibility index (Phi) is 3.73. The zero-order valence-electron chi connectivity index (χ0n) is 15.6. The fourth-order valence-electron chi connectivity index (χ4n) is 3.78. The van der Waals surface area contributed by atoms with Gasteiger partial charge in [0, 0.05) is 6.54 Å². The van der Waals surface area contributed by atoms with Gasteiger partial charge in [-0.25, -0.2) is 4.79 Å². The van der Waals surface area contributed by atoms with Gasteiger partial charge in [-0.05, 0) is 68.7 Å². The van der Waals surface area contributed by atoms with E-state index in [-0.39, 0.29) is 11.7 Å². The van der Waals surface area contributed by atoms with Crippen LogP contribution in [-0.2, 0) is 21.7 Å². The first kappa shape index (κ1) is 16.6. The molecule has 1 saturated carbocycles. The van der Waals surface area contributed by atoms with Crippen LogP contribution in [0.3, 0.4) is 0 Å². The van der Waals surface area contributed by atoms with Crippen LogP contribution in [0.15, 0.2) is 24.3 Å². The van der Waals surface area contributed by atoms with Crippen LogP contribution in [0.2, 0.25) is 0 Å². The Morgan fingerprint density at radius 1 is 1.32 bits per heavy atom. The SMILES string of the molecule is CC1CC=C(c2ccc3c(c2)C2(CC2)OC3)N(C(=O)OC(C)(C)C)C1. The summed E-state index contributed by atoms with van der Waals surface area (Å²) in [6.45, 7) is 9.29. The minimum Gasteiger partial charge on any atom is -0.443 e. The van der Waals surface area contributed by atoms with Crippen LogP contribution in [0.25, 0.3) is 5.70 Å². The van der Waals surface area contributed by atoms with Crippen molar-refractivity contribution >= 4 is 11.8 Å². The minimum atomic E-state index is -0.493. The first-order valence-corrected chi connectivity index (χ1v) is 9.26. The van der Waals surface area contributed by atoms with Gasteiger partial charge in [0.05, 0.1) is 17.9 Å². The van der Waals surface area contributed by atoms with E-state index in [4.69, 9.17) is 9.47 Å². The van der Waals surface area contributed by atoms with Crippen molar-refractivity contribution in [2.75, 3.05) is 6.54 Å². The number of hydrogen-bond acceptors (Lipinski definition) is 3. The lowest BCUT2D eigenvalue weighted by Gasteiger charge is -2.34. The highest BCUT2D eigenvalue weighted by Gasteiger charge is 2.50. The number of hydrogen-bond donors (Lipinski definition) is 0. The van der Waals surface area contributed by atoms with Crippen LogP contribution < -0.4 is 0 Å². The Labute approximate surface area is 149 Å². The molecule has 25 heavy (non-hydrogen) atoms. The fourth-order valence-corrected chi connectivity index (χ4v) is 3.78. The summed E-state index contributed by atoms with van der Waals surface area (Å²) in [4.78, 5) is 14.6. The van der Waals surface area contributed by atoms with Crippen molar-refractivity contribution in [3.63, 3.8) is 0 Å². The van der Waals surface area contributed by atoms with Gasteiger partial charge in [-0.1, -0.05) is 25.1 Å². The van der Waals surface area contributed by atoms with Crippen molar-refractivity contribution in [2.24, 2.45) is 5.92 Å². The maximum atomic E-state index is 12.8. The standard InChI is InChI=1S/C21H27NO3/c1-14-5-8-18(22(12-14)19(23)25-20(2,3)4)15-6-7-16-13-24-21(9-10-21)17(16)11-15/h6-8,11,14H,5,9-10,12-13H2,1-4H3. The van der Waals surface area contributed by atoms with Crippen molar-refractivity contribution in [3.05, 3.63) is 41.0 Å². The van der Waals surface area contributed by atoms with Gasteiger partial charge in [0.15, 0.2) is 0 Å². The number of nitrogens with zero attached hydrogens (tertiary/aromatic N) is 1. The molecule has 1 fully saturated rings. The molecule has 1 aliphatic carbocycles. The van der Waals surface area contributed by atoms with Gasteiger partial charge in [-0.15, -0.1) is 0 Å². The molecular weight excluding hydrogens is 314 g/mol. The second kappa shape index (κ2) is 5.60. The van der Waals surface area contributed by atoms with Crippen LogP contribution in [0, 0.1) is 5.92 Å². The molecule has 4 heteroatoms. The van der Waals surface area contributed by atoms with Gasteiger partial charge in [0.2, 0.25) is 0 Å². The summed E-state index contributed by atoms with van der Waals surface area (Å²) in [6, 6.07) is 6.50. The van der Waals surface area contributed by atoms with E-state index < -0.39 is 5.60 Å². The zero-order valence-corrected chi connectivity index (χ0v) is 15.6. The Balaban J connectivity index is 1.67. The second-order valence-corrected chi connectivity index (χ2v) is 8.68. The van der Waals surface area contributed by atoms with Gasteiger partial charge in [0.25, 0.3) is 0 Å². The van der Waals surface area contributed by atoms with E-state index >= 15 is 0 Å². The smallest absolute Gasteiger partial charge is 0.414 e. The quantitative estimate of drug-likeness (QED) is 0.735. The molecule has 0 radical (unpaired) electrons. The Bertz CT molecular complexity index is 740. The molecular formula is C21H27NO3. The van der Waals surface area contributed by atoms with Crippen molar-refractivity contribution in [1.29, 1.82) is 0 Å². The first-order valence-electron chi connectivity index (χ1n) is 9.26. The van der Waals surface area contributed by atoms with Crippen LogP contribution in [0.1, 0.15) is 63.6 Å². The van der Waals surface area contributed by atoms with Crippen molar-refractivity contribution in [1.82, 2.24) is 4.90 Å². The van der Waals surface area contributed by atoms with Gasteiger partial charge >= 0.3 is 6.09 Å². The lowest BCUT2D eigenvalue weighted by atomic mass is 9.95. The maximum Gasteiger partial charge on any atom is 0.414 e. The topological polar surface area (TPSA) is 38.8 Å². The summed E-state index contributed by atoms with van der Waals surface area (Å²) >= 11 is 0. The number of allylic oxidation sites excluding steroid dienone is 1. The van der Waals surface area contributed by atoms with E-state index in [1.165, 1.54) is 11.1 Å². The Hall–Kier alpha value is -1.81. The predicted molar refractivity (Wildman–Crippen MR) is 96.8 cm³/mol. The fraction of sp³-hybridized carbons (Fsp3) is 0.571. The molecule has 1 amide bonds. The average Bonchev–Trinajstić information content (AvgIpc) is 3.23. The summed E-state index contributed by atoms with van der Waals surface area (Å²) in [5.41, 5.74) is 4.13. The highest BCUT2D eigenvalue weighted by atomic mass is 16.6. The Morgan fingerprint density at radius 2 is 2.08 bits per heavy atom. The molecule has 4 rings (SSSR count). The molecule has 0 saturated heterocycles. The normalized spacial score (nSPS) is 24.1. The molecule has 0 aromatic heterocycles. The summed E-state index contributed by atoms with van der Waals surface area (Å²) in [6.07, 6.45) is 5.11. The molecule has 3 aliphatic rings. The van der Waals surface area contributed by atoms with E-state index in [0.717, 1.165) is 30.5 Å². The minimum absolute atomic E-state index is 0.0371. The molecule has 0 N–H and O–H groups in total. The molecule has 1 atom stereocenters. The number of fused-ring (bicyclic) bond motifs is 2. The van der Waals surface area contributed by atoms with E-state index in [1.807, 2.05) is 20.8 Å². The molecule has 1 aromatic carbocycles. The Morgan fingerprint density at radius 3 is 2.76 bits per heavy atom. The van der Waals surface area contributed by atoms with Gasteiger partial charge < -0.3 is 9.47 Å². The van der Waals surface area contributed by atoms with E-state index in [0.29, 0.717) is 19.1 Å². The third kappa shape index (κ3) is 3.08. The first-order chi connectivity index (χ1) is 11.8. The molecule has 1 aromatic rings. The number of ether oxygens (including phenoxy) is 2. The largest absolute Gasteiger partial charge is 0.443 e. The zero-order chi connectivity index (χ0) is 17.8. The van der Waals surface area contributed by atoms with Crippen molar-refractivity contribution in [3.8, 4) is 0 Å². The predicted octanol–water partition coefficient (Wildman–Crippen LogP) is 4.82. The van der Waals surface area contributed by atoms with Crippen molar-refractivity contribution in [2.45, 2.75) is 64.8 Å². The average molecular weight is 341 g/mol. The third-order valence-corrected chi connectivity index (χ3v) is 5.22. The van der Waals surface area contributed by atoms with Crippen LogP contribution in [-0.4, -0.2) is 23.1 Å². The van der Waals surface area contributed by atoms with Crippen LogP contribution in [0.5, 0.6) is 0 Å². The number of carbonyl (C=O) groups excluding carboxylic acids is 1. The molecule has 2 aliphatic heterocycles. The summed E-state index contributed by atoms with van der Waals surface area (Å²) in [7, 11) is 0. The molecule has 1 spiro atoms. The lowest BCUT2D eigenvalue weighted by molar-refractivity contribution is 0.0327. The monoisotopic (exact) mass is 341 g/mol. The highest BCUT2D eigenvalue weighted by molar-refractivity contribution is 5.83. The number of amides is 1. The van der Waals surface area contributed by atoms with E-state index in [9.17, 15) is 4.79 Å². The van der Waals surface area contributed by atoms with Crippen LogP contribution >= 0.6 is 0 Å². The molecule has 1 unspecified atom stereocenters. The second-order valence-electron chi connectivity index (χ2n) is 8.68. The number of rotatable bonds is 1. The molecule has 134 valence electrons. The molecule has 4 nitrogen and oxygen atoms in total. The summed E-state index contributed by atoms with van der Waals surface area (Å²) in [5.74, 6) is 0.434. The van der Waals surface area contributed by atoms with E-state index in [2.05, 4.69) is 31.2 Å². The maximum absolute atomic E-state index is 12.8. The highest BCUT2D eigenvalue weighted by Crippen LogP contribution is 2.55. The van der Waals surface area contributed by atoms with Gasteiger partial charge in [0.1, 0.15) is 5.60 Å². The van der Waals surface area contributed by atoms with Gasteiger partial charge in [-0.2, -0.15) is 0 Å². The van der Waals surface area contributed by atoms with Crippen molar-refractivity contribution < 1.29 is 14.3 Å². The number of carbonyl (C=O) groups is 1. The third-order valence-electron chi connectivity index (χ3n) is 5.22. The molecule has 2 heterocycles. The van der Waals surface area contributed by atoms with E-state index in [1.54, 1.807) is 4.90 Å². The summed E-state index contributed by atoms with van der Waals surface area (Å²) < 4.78 is 11.6. The molecule has 0 bridgehead atoms. The van der Waals surface area contributed by atoms with Crippen LogP contribution in [0.4, 0.5) is 4.79 Å². The number of benzene rings is 1. The lowest BCUT2D eigenvalue weighted by Crippen LogP contribution is -2.39.